The molecule has 0 aliphatic carbocycles. The fourth-order valence-corrected chi connectivity index (χ4v) is 4.63. The molecule has 2 N–H and O–H groups in total. The minimum absolute atomic E-state index is 0.0267. The fraction of sp³-hybridized carbons (Fsp3) is 0.346. The van der Waals surface area contributed by atoms with E-state index in [0.29, 0.717) is 29.5 Å². The van der Waals surface area contributed by atoms with Crippen LogP contribution in [0, 0.1) is 11.8 Å². The van der Waals surface area contributed by atoms with E-state index in [0.717, 1.165) is 35.2 Å². The van der Waals surface area contributed by atoms with E-state index in [9.17, 15) is 9.59 Å². The summed E-state index contributed by atoms with van der Waals surface area (Å²) in [5.41, 5.74) is 7.59. The van der Waals surface area contributed by atoms with Crippen LogP contribution in [-0.2, 0) is 20.1 Å². The third kappa shape index (κ3) is 4.29. The molecule has 1 aliphatic rings. The number of piperidine rings is 1. The number of aromatic nitrogens is 6. The monoisotopic (exact) mass is 484 g/mol. The molecule has 1 saturated heterocycles. The van der Waals surface area contributed by atoms with Gasteiger partial charge in [-0.2, -0.15) is 4.98 Å². The summed E-state index contributed by atoms with van der Waals surface area (Å²) in [5.74, 6) is 6.91. The summed E-state index contributed by atoms with van der Waals surface area (Å²) < 4.78 is 4.36. The van der Waals surface area contributed by atoms with Crippen LogP contribution in [0.15, 0.2) is 52.2 Å². The molecular formula is C26H28N8O2. The van der Waals surface area contributed by atoms with Gasteiger partial charge in [0.05, 0.1) is 18.8 Å². The molecule has 36 heavy (non-hydrogen) atoms. The van der Waals surface area contributed by atoms with Gasteiger partial charge in [0.2, 0.25) is 5.95 Å². The van der Waals surface area contributed by atoms with Gasteiger partial charge in [-0.05, 0) is 25.8 Å². The quantitative estimate of drug-likeness (QED) is 0.425. The van der Waals surface area contributed by atoms with E-state index in [1.54, 1.807) is 30.8 Å². The number of aryl methyl sites for hydroxylation is 1. The third-order valence-electron chi connectivity index (χ3n) is 6.44. The van der Waals surface area contributed by atoms with Crippen LogP contribution < -0.4 is 21.9 Å². The predicted molar refractivity (Wildman–Crippen MR) is 139 cm³/mol. The van der Waals surface area contributed by atoms with E-state index in [4.69, 9.17) is 10.7 Å². The van der Waals surface area contributed by atoms with Gasteiger partial charge in [0.25, 0.3) is 5.56 Å². The maximum atomic E-state index is 13.7. The van der Waals surface area contributed by atoms with Gasteiger partial charge in [0.1, 0.15) is 5.82 Å². The normalized spacial score (nSPS) is 15.6. The molecule has 10 heteroatoms. The summed E-state index contributed by atoms with van der Waals surface area (Å²) >= 11 is 0. The molecule has 184 valence electrons. The Kier molecular flexibility index (Phi) is 6.40. The van der Waals surface area contributed by atoms with Crippen molar-refractivity contribution in [3.63, 3.8) is 0 Å². The highest BCUT2D eigenvalue weighted by atomic mass is 16.2. The summed E-state index contributed by atoms with van der Waals surface area (Å²) in [6, 6.07) is 11.5. The van der Waals surface area contributed by atoms with Gasteiger partial charge in [0, 0.05) is 37.9 Å². The van der Waals surface area contributed by atoms with Gasteiger partial charge in [0.15, 0.2) is 11.2 Å². The number of hydrogen-bond donors (Lipinski definition) is 1. The van der Waals surface area contributed by atoms with Gasteiger partial charge < -0.3 is 10.6 Å². The first-order valence-electron chi connectivity index (χ1n) is 12.0. The van der Waals surface area contributed by atoms with Crippen molar-refractivity contribution in [1.82, 2.24) is 28.7 Å². The van der Waals surface area contributed by atoms with Crippen molar-refractivity contribution >= 4 is 17.1 Å². The Labute approximate surface area is 208 Å². The number of nitrogens with two attached hydrogens (primary N) is 1. The van der Waals surface area contributed by atoms with Crippen LogP contribution in [0.25, 0.3) is 22.4 Å². The molecule has 0 saturated carbocycles. The van der Waals surface area contributed by atoms with Crippen molar-refractivity contribution in [2.24, 2.45) is 12.8 Å². The summed E-state index contributed by atoms with van der Waals surface area (Å²) in [6.45, 7) is 3.38. The van der Waals surface area contributed by atoms with Crippen LogP contribution in [0.5, 0.6) is 0 Å². The number of benzene rings is 1. The first-order valence-corrected chi connectivity index (χ1v) is 12.0. The average Bonchev–Trinajstić information content (AvgIpc) is 3.29. The number of rotatable bonds is 5. The zero-order valence-electron chi connectivity index (χ0n) is 20.4. The molecular weight excluding hydrogens is 456 g/mol. The van der Waals surface area contributed by atoms with Gasteiger partial charge in [-0.15, -0.1) is 5.92 Å². The Morgan fingerprint density at radius 3 is 2.67 bits per heavy atom. The fourth-order valence-electron chi connectivity index (χ4n) is 4.63. The topological polar surface area (TPSA) is 117 Å². The summed E-state index contributed by atoms with van der Waals surface area (Å²) in [5, 5.41) is 0. The summed E-state index contributed by atoms with van der Waals surface area (Å²) in [7, 11) is 1.62. The largest absolute Gasteiger partial charge is 0.341 e. The van der Waals surface area contributed by atoms with Crippen molar-refractivity contribution in [3.8, 4) is 23.1 Å². The van der Waals surface area contributed by atoms with Gasteiger partial charge in [-0.25, -0.2) is 14.8 Å². The minimum Gasteiger partial charge on any atom is -0.341 e. The van der Waals surface area contributed by atoms with Crippen molar-refractivity contribution < 1.29 is 0 Å². The van der Waals surface area contributed by atoms with Gasteiger partial charge in [-0.3, -0.25) is 18.5 Å². The van der Waals surface area contributed by atoms with Gasteiger partial charge >= 0.3 is 5.69 Å². The molecule has 0 unspecified atom stereocenters. The molecule has 10 nitrogen and oxygen atoms in total. The lowest BCUT2D eigenvalue weighted by atomic mass is 10.1. The van der Waals surface area contributed by atoms with E-state index in [2.05, 4.69) is 26.7 Å². The molecule has 0 radical (unpaired) electrons. The maximum absolute atomic E-state index is 13.7. The molecule has 1 aromatic carbocycles. The highest BCUT2D eigenvalue weighted by Gasteiger charge is 2.26. The average molecular weight is 485 g/mol. The Hall–Kier alpha value is -4.23. The zero-order valence-corrected chi connectivity index (χ0v) is 20.4. The number of hydrogen-bond acceptors (Lipinski definition) is 7. The predicted octanol–water partition coefficient (Wildman–Crippen LogP) is 1.35. The van der Waals surface area contributed by atoms with Gasteiger partial charge in [-0.1, -0.05) is 36.3 Å². The first kappa shape index (κ1) is 23.5. The van der Waals surface area contributed by atoms with Crippen molar-refractivity contribution in [3.05, 3.63) is 69.3 Å². The van der Waals surface area contributed by atoms with E-state index in [1.165, 1.54) is 4.57 Å². The molecule has 4 aromatic rings. The lowest BCUT2D eigenvalue weighted by molar-refractivity contribution is 0.496. The molecule has 0 amide bonds. The lowest BCUT2D eigenvalue weighted by Gasteiger charge is -2.31. The van der Waals surface area contributed by atoms with Crippen LogP contribution in [-0.4, -0.2) is 47.8 Å². The molecule has 0 bridgehead atoms. The molecule has 0 spiro atoms. The highest BCUT2D eigenvalue weighted by Crippen LogP contribution is 2.23. The van der Waals surface area contributed by atoms with Crippen LogP contribution in [0.1, 0.15) is 25.6 Å². The molecule has 1 aliphatic heterocycles. The SMILES string of the molecule is CC#CCn1c(N2CCC[C@@H](N)C2)nc2c1c(=O)n(Cc1nccc(-c3ccccc3)n1)c(=O)n2C. The highest BCUT2D eigenvalue weighted by molar-refractivity contribution is 5.75. The van der Waals surface area contributed by atoms with E-state index >= 15 is 0 Å². The smallest absolute Gasteiger partial charge is 0.332 e. The summed E-state index contributed by atoms with van der Waals surface area (Å²) in [6.07, 6.45) is 3.51. The number of anilines is 1. The molecule has 4 heterocycles. The second-order valence-electron chi connectivity index (χ2n) is 8.90. The Balaban J connectivity index is 1.63. The number of fused-ring (bicyclic) bond motifs is 1. The lowest BCUT2D eigenvalue weighted by Crippen LogP contribution is -2.44. The van der Waals surface area contributed by atoms with Crippen LogP contribution in [0.4, 0.5) is 5.95 Å². The first-order chi connectivity index (χ1) is 17.5. The second kappa shape index (κ2) is 9.79. The molecule has 1 atom stereocenters. The van der Waals surface area contributed by atoms with E-state index in [1.807, 2.05) is 30.3 Å². The van der Waals surface area contributed by atoms with E-state index < -0.39 is 11.2 Å². The van der Waals surface area contributed by atoms with Crippen LogP contribution >= 0.6 is 0 Å². The number of imidazole rings is 1. The standard InChI is InChI=1S/C26H28N8O2/c1-3-4-15-33-22-23(30-25(33)32-14-8-11-19(27)16-32)31(2)26(36)34(24(22)35)17-21-28-13-12-20(29-21)18-9-6-5-7-10-18/h5-7,9-10,12-13,19H,8,11,14-17,27H2,1-2H3/t19-/m1/s1. The minimum atomic E-state index is -0.477. The van der Waals surface area contributed by atoms with Crippen molar-refractivity contribution in [2.75, 3.05) is 18.0 Å². The zero-order chi connectivity index (χ0) is 25.2. The van der Waals surface area contributed by atoms with Crippen LogP contribution in [0.3, 0.4) is 0 Å². The molecule has 5 rings (SSSR count). The van der Waals surface area contributed by atoms with Crippen molar-refractivity contribution in [2.45, 2.75) is 38.9 Å². The van der Waals surface area contributed by atoms with Crippen LogP contribution in [0.2, 0.25) is 0 Å². The Morgan fingerprint density at radius 2 is 1.92 bits per heavy atom. The van der Waals surface area contributed by atoms with E-state index in [-0.39, 0.29) is 19.1 Å². The molecule has 3 aromatic heterocycles. The maximum Gasteiger partial charge on any atom is 0.332 e. The second-order valence-corrected chi connectivity index (χ2v) is 8.90. The Morgan fingerprint density at radius 1 is 1.11 bits per heavy atom. The van der Waals surface area contributed by atoms with Crippen molar-refractivity contribution in [1.29, 1.82) is 0 Å². The molecule has 1 fully saturated rings. The number of nitrogens with zero attached hydrogens (tertiary/aromatic N) is 7. The Bertz CT molecular complexity index is 1590. The third-order valence-corrected chi connectivity index (χ3v) is 6.44. The summed E-state index contributed by atoms with van der Waals surface area (Å²) in [4.78, 5) is 42.8.